The van der Waals surface area contributed by atoms with Gasteiger partial charge in [-0.3, -0.25) is 0 Å². The minimum atomic E-state index is -6.37. The van der Waals surface area contributed by atoms with Crippen molar-refractivity contribution in [1.29, 1.82) is 0 Å². The molecule has 0 spiro atoms. The smallest absolute Gasteiger partial charge is 0.497 e. The van der Waals surface area contributed by atoms with Crippen molar-refractivity contribution < 1.29 is 39.5 Å². The number of ether oxygens (including phenoxy) is 1. The average molecular weight is 336 g/mol. The lowest BCUT2D eigenvalue weighted by Gasteiger charge is -2.21. The minimum Gasteiger partial charge on any atom is -0.497 e. The van der Waals surface area contributed by atoms with Gasteiger partial charge in [-0.05, 0) is 24.1 Å². The van der Waals surface area contributed by atoms with Crippen molar-refractivity contribution in [3.63, 3.8) is 0 Å². The standard InChI is InChI=1S/C11H10F6O3S/c1-20-8-4-2-7(3-5-8)6-9(10(12,13)14)21(18,19)11(15,16)17/h2-5,9H,6H2,1H3. The van der Waals surface area contributed by atoms with Crippen LogP contribution in [0.15, 0.2) is 24.3 Å². The molecule has 0 aliphatic rings. The van der Waals surface area contributed by atoms with E-state index in [4.69, 9.17) is 4.74 Å². The maximum atomic E-state index is 12.7. The van der Waals surface area contributed by atoms with E-state index >= 15 is 0 Å². The van der Waals surface area contributed by atoms with Gasteiger partial charge in [0.25, 0.3) is 9.84 Å². The molecule has 0 saturated heterocycles. The Kier molecular flexibility index (Phi) is 4.81. The molecule has 1 atom stereocenters. The quantitative estimate of drug-likeness (QED) is 0.794. The van der Waals surface area contributed by atoms with Crippen LogP contribution in [0.4, 0.5) is 26.3 Å². The van der Waals surface area contributed by atoms with E-state index < -0.39 is 33.2 Å². The van der Waals surface area contributed by atoms with Crippen LogP contribution in [-0.4, -0.2) is 32.5 Å². The Hall–Kier alpha value is -1.45. The molecule has 0 aromatic heterocycles. The maximum absolute atomic E-state index is 12.7. The Morgan fingerprint density at radius 2 is 1.52 bits per heavy atom. The molecule has 21 heavy (non-hydrogen) atoms. The molecule has 0 N–H and O–H groups in total. The summed E-state index contributed by atoms with van der Waals surface area (Å²) in [7, 11) is -5.07. The summed E-state index contributed by atoms with van der Waals surface area (Å²) in [6.07, 6.45) is -6.86. The Morgan fingerprint density at radius 3 is 1.86 bits per heavy atom. The van der Waals surface area contributed by atoms with Crippen LogP contribution in [0.3, 0.4) is 0 Å². The summed E-state index contributed by atoms with van der Waals surface area (Å²) < 4.78 is 102. The lowest BCUT2D eigenvalue weighted by Crippen LogP contribution is -2.45. The fraction of sp³-hybridized carbons (Fsp3) is 0.455. The first-order chi connectivity index (χ1) is 9.39. The van der Waals surface area contributed by atoms with E-state index in [9.17, 15) is 34.8 Å². The molecule has 0 aliphatic heterocycles. The molecule has 1 aromatic rings. The number of hydrogen-bond acceptors (Lipinski definition) is 3. The van der Waals surface area contributed by atoms with Gasteiger partial charge < -0.3 is 4.74 Å². The highest BCUT2D eigenvalue weighted by molar-refractivity contribution is 7.92. The fourth-order valence-corrected chi connectivity index (χ4v) is 2.62. The second-order valence-corrected chi connectivity index (χ2v) is 6.20. The topological polar surface area (TPSA) is 43.4 Å². The van der Waals surface area contributed by atoms with Crippen LogP contribution in [0.2, 0.25) is 0 Å². The van der Waals surface area contributed by atoms with E-state index in [2.05, 4.69) is 0 Å². The van der Waals surface area contributed by atoms with Gasteiger partial charge in [0.1, 0.15) is 5.75 Å². The van der Waals surface area contributed by atoms with Crippen molar-refractivity contribution in [3.05, 3.63) is 29.8 Å². The summed E-state index contributed by atoms with van der Waals surface area (Å²) >= 11 is 0. The predicted molar refractivity (Wildman–Crippen MR) is 61.5 cm³/mol. The number of rotatable bonds is 4. The number of alkyl halides is 6. The van der Waals surface area contributed by atoms with Crippen LogP contribution in [-0.2, 0) is 16.3 Å². The Balaban J connectivity index is 3.16. The summed E-state index contributed by atoms with van der Waals surface area (Å²) in [5, 5.41) is -3.54. The zero-order valence-corrected chi connectivity index (χ0v) is 11.3. The Labute approximate surface area is 116 Å². The number of benzene rings is 1. The molecule has 0 fully saturated rings. The van der Waals surface area contributed by atoms with Gasteiger partial charge in [0.05, 0.1) is 7.11 Å². The molecule has 1 unspecified atom stereocenters. The molecule has 0 saturated carbocycles. The predicted octanol–water partition coefficient (Wildman–Crippen LogP) is 3.10. The van der Waals surface area contributed by atoms with Crippen LogP contribution in [0, 0.1) is 0 Å². The van der Waals surface area contributed by atoms with Crippen LogP contribution in [0.25, 0.3) is 0 Å². The van der Waals surface area contributed by atoms with Crippen molar-refractivity contribution in [1.82, 2.24) is 0 Å². The Bertz CT molecular complexity index is 573. The molecule has 0 amide bonds. The van der Waals surface area contributed by atoms with E-state index in [0.717, 1.165) is 12.1 Å². The normalized spacial score (nSPS) is 14.8. The van der Waals surface area contributed by atoms with Gasteiger partial charge in [-0.15, -0.1) is 0 Å². The van der Waals surface area contributed by atoms with Crippen LogP contribution in [0.5, 0.6) is 5.75 Å². The van der Waals surface area contributed by atoms with Crippen LogP contribution < -0.4 is 4.74 Å². The molecule has 1 rings (SSSR count). The van der Waals surface area contributed by atoms with Gasteiger partial charge in [0, 0.05) is 0 Å². The number of halogens is 6. The number of hydrogen-bond donors (Lipinski definition) is 0. The van der Waals surface area contributed by atoms with Gasteiger partial charge in [-0.25, -0.2) is 8.42 Å². The first kappa shape index (κ1) is 17.6. The lowest BCUT2D eigenvalue weighted by molar-refractivity contribution is -0.134. The van der Waals surface area contributed by atoms with Crippen molar-refractivity contribution in [2.24, 2.45) is 0 Å². The summed E-state index contributed by atoms with van der Waals surface area (Å²) in [6.45, 7) is 0. The monoisotopic (exact) mass is 336 g/mol. The fourth-order valence-electron chi connectivity index (χ4n) is 1.54. The lowest BCUT2D eigenvalue weighted by atomic mass is 10.1. The molecule has 120 valence electrons. The second kappa shape index (κ2) is 5.74. The minimum absolute atomic E-state index is 0.203. The van der Waals surface area contributed by atoms with Crippen LogP contribution in [0.1, 0.15) is 5.56 Å². The largest absolute Gasteiger partial charge is 0.498 e. The first-order valence-corrected chi connectivity index (χ1v) is 6.94. The van der Waals surface area contributed by atoms with Gasteiger partial charge in [-0.1, -0.05) is 12.1 Å². The maximum Gasteiger partial charge on any atom is 0.498 e. The summed E-state index contributed by atoms with van der Waals surface area (Å²) in [5.74, 6) is 0.279. The molecular formula is C11H10F6O3S. The SMILES string of the molecule is COc1ccc(CC(C(F)(F)F)S(=O)(=O)C(F)(F)F)cc1. The molecule has 0 bridgehead atoms. The second-order valence-electron chi connectivity index (χ2n) is 4.07. The van der Waals surface area contributed by atoms with Gasteiger partial charge in [-0.2, -0.15) is 26.3 Å². The molecule has 10 heteroatoms. The van der Waals surface area contributed by atoms with Crippen molar-refractivity contribution in [3.8, 4) is 5.75 Å². The summed E-state index contributed by atoms with van der Waals surface area (Å²) in [5.41, 5.74) is -6.18. The van der Waals surface area contributed by atoms with E-state index in [-0.39, 0.29) is 11.3 Å². The highest BCUT2D eigenvalue weighted by Crippen LogP contribution is 2.37. The molecule has 0 aliphatic carbocycles. The van der Waals surface area contributed by atoms with E-state index in [1.54, 1.807) is 0 Å². The summed E-state index contributed by atoms with van der Waals surface area (Å²) in [4.78, 5) is 0. The van der Waals surface area contributed by atoms with Gasteiger partial charge in [0.15, 0.2) is 5.25 Å². The molecular weight excluding hydrogens is 326 g/mol. The third kappa shape index (κ3) is 4.02. The summed E-state index contributed by atoms with van der Waals surface area (Å²) in [6, 6.07) is 4.60. The van der Waals surface area contributed by atoms with E-state index in [0.29, 0.717) is 0 Å². The van der Waals surface area contributed by atoms with Crippen molar-refractivity contribution in [2.75, 3.05) is 7.11 Å². The third-order valence-electron chi connectivity index (χ3n) is 2.64. The van der Waals surface area contributed by atoms with Gasteiger partial charge >= 0.3 is 11.7 Å². The van der Waals surface area contributed by atoms with E-state index in [1.807, 2.05) is 0 Å². The molecule has 0 heterocycles. The number of sulfone groups is 1. The molecule has 1 aromatic carbocycles. The molecule has 3 nitrogen and oxygen atoms in total. The number of methoxy groups -OCH3 is 1. The average Bonchev–Trinajstić information content (AvgIpc) is 2.33. The zero-order chi connectivity index (χ0) is 16.5. The highest BCUT2D eigenvalue weighted by atomic mass is 32.2. The van der Waals surface area contributed by atoms with E-state index in [1.165, 1.54) is 19.2 Å². The zero-order valence-electron chi connectivity index (χ0n) is 10.5. The van der Waals surface area contributed by atoms with Crippen molar-refractivity contribution >= 4 is 9.84 Å². The molecule has 0 radical (unpaired) electrons. The third-order valence-corrected chi connectivity index (χ3v) is 4.47. The highest BCUT2D eigenvalue weighted by Gasteiger charge is 2.60. The first-order valence-electron chi connectivity index (χ1n) is 5.39. The van der Waals surface area contributed by atoms with Crippen LogP contribution >= 0.6 is 0 Å². The van der Waals surface area contributed by atoms with Crippen molar-refractivity contribution in [2.45, 2.75) is 23.4 Å². The Morgan fingerprint density at radius 1 is 1.05 bits per heavy atom. The van der Waals surface area contributed by atoms with Gasteiger partial charge in [0.2, 0.25) is 0 Å².